The van der Waals surface area contributed by atoms with Crippen LogP contribution in [0.4, 0.5) is 0 Å². The Balaban J connectivity index is -0.000000605. The van der Waals surface area contributed by atoms with Crippen LogP contribution in [0.2, 0.25) is 0 Å². The third-order valence-corrected chi connectivity index (χ3v) is 2.01. The van der Waals surface area contributed by atoms with E-state index in [2.05, 4.69) is 6.92 Å². The van der Waals surface area contributed by atoms with Gasteiger partial charge in [-0.15, -0.1) is 0 Å². The first kappa shape index (κ1) is 20.0. The number of carbonyl (C=O) groups excluding carboxylic acids is 1. The first-order chi connectivity index (χ1) is 5.76. The maximum absolute atomic E-state index is 11.4. The molecule has 0 aliphatic heterocycles. The molecule has 0 atom stereocenters. The van der Waals surface area contributed by atoms with E-state index < -0.39 is 0 Å². The van der Waals surface area contributed by atoms with Gasteiger partial charge in [0.05, 0.1) is 0 Å². The first-order valence-corrected chi connectivity index (χ1v) is 4.83. The van der Waals surface area contributed by atoms with Gasteiger partial charge in [-0.05, 0) is 20.3 Å². The maximum Gasteiger partial charge on any atom is 0.222 e. The molecule has 4 heteroatoms. The summed E-state index contributed by atoms with van der Waals surface area (Å²) in [4.78, 5) is 13.3. The molecular formula is C10H20BrNOZn-. The first-order valence-electron chi connectivity index (χ1n) is 4.83. The molecule has 0 fully saturated rings. The van der Waals surface area contributed by atoms with Crippen LogP contribution in [0.5, 0.6) is 0 Å². The Bertz CT molecular complexity index is 129. The van der Waals surface area contributed by atoms with Crippen molar-refractivity contribution in [2.75, 3.05) is 13.1 Å². The van der Waals surface area contributed by atoms with Crippen LogP contribution in [0.15, 0.2) is 0 Å². The van der Waals surface area contributed by atoms with Gasteiger partial charge in [-0.25, -0.2) is 0 Å². The van der Waals surface area contributed by atoms with E-state index in [1.165, 1.54) is 0 Å². The van der Waals surface area contributed by atoms with Gasteiger partial charge >= 0.3 is 0 Å². The predicted molar refractivity (Wildman–Crippen MR) is 51.8 cm³/mol. The smallest absolute Gasteiger partial charge is 0.222 e. The Morgan fingerprint density at radius 3 is 2.07 bits per heavy atom. The van der Waals surface area contributed by atoms with Crippen molar-refractivity contribution in [1.82, 2.24) is 4.90 Å². The van der Waals surface area contributed by atoms with Crippen molar-refractivity contribution in [2.24, 2.45) is 0 Å². The SMILES string of the molecule is [Br-].[CH2]CCCCC(=O)N(CC)CC.[Zn]. The minimum absolute atomic E-state index is 0. The summed E-state index contributed by atoms with van der Waals surface area (Å²) >= 11 is 0. The summed E-state index contributed by atoms with van der Waals surface area (Å²) in [6.07, 6.45) is 3.68. The van der Waals surface area contributed by atoms with E-state index >= 15 is 0 Å². The summed E-state index contributed by atoms with van der Waals surface area (Å²) in [6, 6.07) is 0. The van der Waals surface area contributed by atoms with Gasteiger partial charge in [-0.2, -0.15) is 0 Å². The number of unbranched alkanes of at least 4 members (excludes halogenated alkanes) is 2. The van der Waals surface area contributed by atoms with E-state index in [1.807, 2.05) is 18.7 Å². The molecule has 0 unspecified atom stereocenters. The van der Waals surface area contributed by atoms with Crippen LogP contribution < -0.4 is 17.0 Å². The fourth-order valence-corrected chi connectivity index (χ4v) is 1.19. The molecule has 0 aromatic carbocycles. The molecule has 0 spiro atoms. The van der Waals surface area contributed by atoms with Crippen LogP contribution >= 0.6 is 0 Å². The molecule has 2 nitrogen and oxygen atoms in total. The second-order valence-electron chi connectivity index (χ2n) is 2.88. The van der Waals surface area contributed by atoms with Crippen LogP contribution in [0.25, 0.3) is 0 Å². The molecule has 0 aromatic rings. The zero-order valence-electron chi connectivity index (χ0n) is 9.39. The summed E-state index contributed by atoms with van der Waals surface area (Å²) < 4.78 is 0. The van der Waals surface area contributed by atoms with Gasteiger partial charge in [-0.3, -0.25) is 4.79 Å². The molecular weight excluding hydrogens is 295 g/mol. The van der Waals surface area contributed by atoms with Gasteiger partial charge < -0.3 is 21.9 Å². The zero-order valence-corrected chi connectivity index (χ0v) is 13.9. The molecule has 0 rings (SSSR count). The third-order valence-electron chi connectivity index (χ3n) is 2.01. The minimum atomic E-state index is 0. The normalized spacial score (nSPS) is 8.50. The topological polar surface area (TPSA) is 20.3 Å². The van der Waals surface area contributed by atoms with Crippen LogP contribution in [0.1, 0.15) is 39.5 Å². The molecule has 14 heavy (non-hydrogen) atoms. The Morgan fingerprint density at radius 2 is 1.71 bits per heavy atom. The largest absolute Gasteiger partial charge is 1.00 e. The number of nitrogens with zero attached hydrogens (tertiary/aromatic N) is 1. The predicted octanol–water partition coefficient (Wildman–Crippen LogP) is -0.749. The average molecular weight is 316 g/mol. The van der Waals surface area contributed by atoms with E-state index in [0.717, 1.165) is 32.4 Å². The summed E-state index contributed by atoms with van der Waals surface area (Å²) in [5, 5.41) is 0. The standard InChI is InChI=1S/C10H20NO.BrH.Zn/c1-4-7-8-9-10(12)11(5-2)6-3;;/h1,4-9H2,2-3H3;1H;/p-1. The second-order valence-corrected chi connectivity index (χ2v) is 2.88. The molecule has 1 amide bonds. The van der Waals surface area contributed by atoms with Gasteiger partial charge in [0.2, 0.25) is 5.91 Å². The van der Waals surface area contributed by atoms with Gasteiger partial charge in [0.1, 0.15) is 0 Å². The molecule has 0 saturated carbocycles. The van der Waals surface area contributed by atoms with E-state index in [0.29, 0.717) is 6.42 Å². The molecule has 0 aliphatic rings. The van der Waals surface area contributed by atoms with E-state index in [4.69, 9.17) is 0 Å². The molecule has 0 saturated heterocycles. The molecule has 0 aromatic heterocycles. The summed E-state index contributed by atoms with van der Waals surface area (Å²) in [6.45, 7) is 9.44. The number of hydrogen-bond donors (Lipinski definition) is 0. The molecule has 81 valence electrons. The quantitative estimate of drug-likeness (QED) is 0.467. The van der Waals surface area contributed by atoms with Crippen LogP contribution in [-0.4, -0.2) is 23.9 Å². The summed E-state index contributed by atoms with van der Waals surface area (Å²) in [7, 11) is 0. The van der Waals surface area contributed by atoms with Gasteiger partial charge in [0.15, 0.2) is 0 Å². The number of hydrogen-bond acceptors (Lipinski definition) is 1. The van der Waals surface area contributed by atoms with Crippen LogP contribution in [0.3, 0.4) is 0 Å². The third kappa shape index (κ3) is 9.14. The molecule has 1 radical (unpaired) electrons. The molecule has 0 heterocycles. The Labute approximate surface area is 111 Å². The van der Waals surface area contributed by atoms with Crippen molar-refractivity contribution in [1.29, 1.82) is 0 Å². The van der Waals surface area contributed by atoms with Gasteiger partial charge in [-0.1, -0.05) is 19.8 Å². The van der Waals surface area contributed by atoms with E-state index in [1.54, 1.807) is 0 Å². The fraction of sp³-hybridized carbons (Fsp3) is 0.800. The van der Waals surface area contributed by atoms with Gasteiger partial charge in [0, 0.05) is 39.0 Å². The Kier molecular flexibility index (Phi) is 19.4. The molecule has 0 aliphatic carbocycles. The van der Waals surface area contributed by atoms with Crippen molar-refractivity contribution in [3.05, 3.63) is 6.92 Å². The zero-order chi connectivity index (χ0) is 9.40. The van der Waals surface area contributed by atoms with Crippen molar-refractivity contribution < 1.29 is 41.3 Å². The minimum Gasteiger partial charge on any atom is -1.00 e. The Morgan fingerprint density at radius 1 is 1.21 bits per heavy atom. The van der Waals surface area contributed by atoms with E-state index in [9.17, 15) is 4.79 Å². The fourth-order valence-electron chi connectivity index (χ4n) is 1.19. The second kappa shape index (κ2) is 13.6. The number of rotatable bonds is 6. The van der Waals surface area contributed by atoms with E-state index in [-0.39, 0.29) is 42.4 Å². The van der Waals surface area contributed by atoms with Crippen molar-refractivity contribution in [3.63, 3.8) is 0 Å². The van der Waals surface area contributed by atoms with Crippen molar-refractivity contribution in [3.8, 4) is 0 Å². The number of halogens is 1. The maximum atomic E-state index is 11.4. The van der Waals surface area contributed by atoms with Crippen molar-refractivity contribution >= 4 is 5.91 Å². The van der Waals surface area contributed by atoms with Crippen LogP contribution in [0, 0.1) is 6.92 Å². The van der Waals surface area contributed by atoms with Crippen molar-refractivity contribution in [2.45, 2.75) is 39.5 Å². The molecule has 0 N–H and O–H groups in total. The van der Waals surface area contributed by atoms with Crippen LogP contribution in [-0.2, 0) is 24.3 Å². The average Bonchev–Trinajstić information content (AvgIpc) is 2.07. The monoisotopic (exact) mass is 313 g/mol. The van der Waals surface area contributed by atoms with Gasteiger partial charge in [0.25, 0.3) is 0 Å². The Hall–Kier alpha value is 0.573. The summed E-state index contributed by atoms with van der Waals surface area (Å²) in [5.41, 5.74) is 0. The number of amides is 1. The number of carbonyl (C=O) groups is 1. The molecule has 0 bridgehead atoms. The summed E-state index contributed by atoms with van der Waals surface area (Å²) in [5.74, 6) is 0.286.